The molecule has 1 aromatic heterocycles. The summed E-state index contributed by atoms with van der Waals surface area (Å²) in [7, 11) is 0. The van der Waals surface area contributed by atoms with E-state index in [0.717, 1.165) is 72.7 Å². The zero-order chi connectivity index (χ0) is 25.6. The van der Waals surface area contributed by atoms with Gasteiger partial charge in [0.25, 0.3) is 0 Å². The lowest BCUT2D eigenvalue weighted by Crippen LogP contribution is -2.43. The number of nitrogens with two attached hydrogens (primary N) is 2. The first kappa shape index (κ1) is 27.9. The molecular weight excluding hydrogens is 434 g/mol. The van der Waals surface area contributed by atoms with Crippen LogP contribution in [0.4, 0.5) is 0 Å². The molecule has 0 unspecified atom stereocenters. The third-order valence-corrected chi connectivity index (χ3v) is 5.50. The fourth-order valence-electron chi connectivity index (χ4n) is 3.73. The molecule has 3 aromatic rings. The number of aromatic amines is 1. The van der Waals surface area contributed by atoms with Gasteiger partial charge in [0.2, 0.25) is 0 Å². The largest absolute Gasteiger partial charge is 0.399 e. The van der Waals surface area contributed by atoms with Crippen LogP contribution in [0.2, 0.25) is 0 Å². The van der Waals surface area contributed by atoms with Crippen molar-refractivity contribution in [1.82, 2.24) is 20.4 Å². The van der Waals surface area contributed by atoms with E-state index >= 15 is 0 Å². The molecule has 1 aliphatic rings. The zero-order valence-electron chi connectivity index (χ0n) is 22.1. The van der Waals surface area contributed by atoms with Gasteiger partial charge >= 0.3 is 0 Å². The van der Waals surface area contributed by atoms with E-state index in [2.05, 4.69) is 58.5 Å². The highest BCUT2D eigenvalue weighted by Crippen LogP contribution is 2.19. The van der Waals surface area contributed by atoms with Crippen LogP contribution in [0, 0.1) is 6.92 Å². The minimum atomic E-state index is 0.466. The SMILES string of the molecule is CC.CCC.Cc1[nH]nc2ccc(/C(N)=N/C(=C(\N)CCc3ccccc3)N3CCNCC3)cc12. The fourth-order valence-corrected chi connectivity index (χ4v) is 3.73. The van der Waals surface area contributed by atoms with Crippen molar-refractivity contribution in [2.24, 2.45) is 16.5 Å². The van der Waals surface area contributed by atoms with Crippen LogP contribution in [0.5, 0.6) is 0 Å². The van der Waals surface area contributed by atoms with E-state index in [1.54, 1.807) is 0 Å². The van der Waals surface area contributed by atoms with Gasteiger partial charge in [-0.15, -0.1) is 0 Å². The number of aromatic nitrogens is 2. The Bertz CT molecular complexity index is 1080. The van der Waals surface area contributed by atoms with E-state index in [1.807, 2.05) is 45.0 Å². The summed E-state index contributed by atoms with van der Waals surface area (Å²) in [4.78, 5) is 7.05. The molecule has 1 aliphatic heterocycles. The molecule has 1 fully saturated rings. The van der Waals surface area contributed by atoms with Gasteiger partial charge < -0.3 is 21.7 Å². The number of piperazine rings is 1. The van der Waals surface area contributed by atoms with Crippen molar-refractivity contribution >= 4 is 16.7 Å². The Kier molecular flexibility index (Phi) is 11.8. The lowest BCUT2D eigenvalue weighted by molar-refractivity contribution is 0.293. The van der Waals surface area contributed by atoms with Crippen molar-refractivity contribution in [1.29, 1.82) is 0 Å². The number of aliphatic imine (C=N–C) groups is 1. The molecule has 0 radical (unpaired) electrons. The van der Waals surface area contributed by atoms with Crippen LogP contribution >= 0.6 is 0 Å². The molecule has 0 saturated carbocycles. The summed E-state index contributed by atoms with van der Waals surface area (Å²) in [5.74, 6) is 1.25. The van der Waals surface area contributed by atoms with E-state index in [0.29, 0.717) is 5.84 Å². The van der Waals surface area contributed by atoms with Crippen molar-refractivity contribution < 1.29 is 0 Å². The molecule has 35 heavy (non-hydrogen) atoms. The Hall–Kier alpha value is -3.32. The van der Waals surface area contributed by atoms with Gasteiger partial charge in [-0.2, -0.15) is 5.10 Å². The number of hydrogen-bond donors (Lipinski definition) is 4. The molecule has 6 N–H and O–H groups in total. The number of nitrogens with one attached hydrogen (secondary N) is 2. The van der Waals surface area contributed by atoms with Crippen LogP contribution in [-0.2, 0) is 6.42 Å². The molecule has 0 bridgehead atoms. The molecular formula is C28H43N7. The van der Waals surface area contributed by atoms with Crippen LogP contribution in [0.3, 0.4) is 0 Å². The normalized spacial score (nSPS) is 14.4. The summed E-state index contributed by atoms with van der Waals surface area (Å²) in [6.45, 7) is 13.8. The number of allylic oxidation sites excluding steroid dienone is 1. The van der Waals surface area contributed by atoms with Gasteiger partial charge in [-0.1, -0.05) is 64.4 Å². The average Bonchev–Trinajstić information content (AvgIpc) is 3.28. The van der Waals surface area contributed by atoms with Gasteiger partial charge in [0.05, 0.1) is 11.2 Å². The van der Waals surface area contributed by atoms with Gasteiger partial charge in [-0.05, 0) is 43.5 Å². The first-order valence-electron chi connectivity index (χ1n) is 12.8. The van der Waals surface area contributed by atoms with Crippen molar-refractivity contribution in [2.45, 2.75) is 53.9 Å². The predicted octanol–water partition coefficient (Wildman–Crippen LogP) is 4.68. The second kappa shape index (κ2) is 14.8. The Labute approximate surface area is 210 Å². The quantitative estimate of drug-likeness (QED) is 0.304. The minimum Gasteiger partial charge on any atom is -0.399 e. The summed E-state index contributed by atoms with van der Waals surface area (Å²) in [5.41, 5.74) is 17.8. The number of hydrogen-bond acceptors (Lipinski definition) is 5. The topological polar surface area (TPSA) is 108 Å². The monoisotopic (exact) mass is 477 g/mol. The second-order valence-electron chi connectivity index (χ2n) is 8.36. The van der Waals surface area contributed by atoms with Crippen LogP contribution in [0.25, 0.3) is 10.9 Å². The number of H-pyrrole nitrogens is 1. The van der Waals surface area contributed by atoms with E-state index in [-0.39, 0.29) is 0 Å². The summed E-state index contributed by atoms with van der Waals surface area (Å²) >= 11 is 0. The lowest BCUT2D eigenvalue weighted by atomic mass is 10.1. The van der Waals surface area contributed by atoms with Crippen molar-refractivity contribution in [3.63, 3.8) is 0 Å². The highest BCUT2D eigenvalue weighted by molar-refractivity contribution is 6.01. The molecule has 0 aliphatic carbocycles. The second-order valence-corrected chi connectivity index (χ2v) is 8.36. The minimum absolute atomic E-state index is 0.466. The van der Waals surface area contributed by atoms with Crippen molar-refractivity contribution in [3.05, 3.63) is 76.9 Å². The van der Waals surface area contributed by atoms with Crippen LogP contribution in [0.15, 0.2) is 65.0 Å². The zero-order valence-corrected chi connectivity index (χ0v) is 22.1. The van der Waals surface area contributed by atoms with Crippen LogP contribution < -0.4 is 16.8 Å². The average molecular weight is 478 g/mol. The number of rotatable bonds is 6. The number of amidine groups is 1. The molecule has 0 atom stereocenters. The van der Waals surface area contributed by atoms with Crippen molar-refractivity contribution in [2.75, 3.05) is 26.2 Å². The molecule has 0 amide bonds. The standard InChI is InChI=1S/C23H29N7.C3H8.C2H6/c1-16-19-15-18(8-10-21(19)29-28-16)22(25)27-23(30-13-11-26-12-14-30)20(24)9-7-17-5-3-2-4-6-17;1-3-2;1-2/h2-6,8,10,15,26H,7,9,11-14,24H2,1H3,(H2,25,27)(H,28,29);3H2,1-2H3;1-2H3/b23-20+;;. The summed E-state index contributed by atoms with van der Waals surface area (Å²) in [6.07, 6.45) is 2.86. The fraction of sp³-hybridized carbons (Fsp3) is 0.429. The van der Waals surface area contributed by atoms with E-state index in [9.17, 15) is 0 Å². The maximum absolute atomic E-state index is 6.56. The van der Waals surface area contributed by atoms with Gasteiger partial charge in [0, 0.05) is 42.8 Å². The third kappa shape index (κ3) is 8.14. The van der Waals surface area contributed by atoms with Gasteiger partial charge in [0.1, 0.15) is 11.7 Å². The van der Waals surface area contributed by atoms with Crippen LogP contribution in [-0.4, -0.2) is 47.1 Å². The summed E-state index contributed by atoms with van der Waals surface area (Å²) in [6, 6.07) is 16.3. The highest BCUT2D eigenvalue weighted by atomic mass is 15.3. The van der Waals surface area contributed by atoms with E-state index in [1.165, 1.54) is 12.0 Å². The summed E-state index contributed by atoms with van der Waals surface area (Å²) < 4.78 is 0. The Balaban J connectivity index is 0.000000803. The number of aryl methyl sites for hydroxylation is 2. The number of fused-ring (bicyclic) bond motifs is 1. The molecule has 7 heteroatoms. The first-order valence-corrected chi connectivity index (χ1v) is 12.8. The smallest absolute Gasteiger partial charge is 0.150 e. The molecule has 0 spiro atoms. The van der Waals surface area contributed by atoms with Gasteiger partial charge in [-0.3, -0.25) is 5.10 Å². The molecule has 190 valence electrons. The van der Waals surface area contributed by atoms with E-state index in [4.69, 9.17) is 16.5 Å². The Morgan fingerprint density at radius 2 is 1.69 bits per heavy atom. The molecule has 2 heterocycles. The predicted molar refractivity (Wildman–Crippen MR) is 149 cm³/mol. The molecule has 7 nitrogen and oxygen atoms in total. The van der Waals surface area contributed by atoms with Crippen molar-refractivity contribution in [3.8, 4) is 0 Å². The first-order chi connectivity index (χ1) is 17.0. The lowest BCUT2D eigenvalue weighted by Gasteiger charge is -2.30. The van der Waals surface area contributed by atoms with Gasteiger partial charge in [-0.25, -0.2) is 4.99 Å². The summed E-state index contributed by atoms with van der Waals surface area (Å²) in [5, 5.41) is 11.7. The van der Waals surface area contributed by atoms with Gasteiger partial charge in [0.15, 0.2) is 0 Å². The maximum atomic E-state index is 6.56. The molecule has 1 saturated heterocycles. The molecule has 2 aromatic carbocycles. The van der Waals surface area contributed by atoms with Crippen LogP contribution in [0.1, 0.15) is 57.4 Å². The number of nitrogens with zero attached hydrogens (tertiary/aromatic N) is 3. The Morgan fingerprint density at radius 1 is 1.03 bits per heavy atom. The third-order valence-electron chi connectivity index (χ3n) is 5.50. The highest BCUT2D eigenvalue weighted by Gasteiger charge is 2.17. The maximum Gasteiger partial charge on any atom is 0.150 e. The number of benzene rings is 2. The Morgan fingerprint density at radius 3 is 2.34 bits per heavy atom. The van der Waals surface area contributed by atoms with E-state index < -0.39 is 0 Å². The molecule has 4 rings (SSSR count).